The predicted molar refractivity (Wildman–Crippen MR) is 80.9 cm³/mol. The number of aliphatic hydroxyl groups excluding tert-OH is 1. The van der Waals surface area contributed by atoms with E-state index in [9.17, 15) is 5.11 Å². The summed E-state index contributed by atoms with van der Waals surface area (Å²) >= 11 is 6.16. The van der Waals surface area contributed by atoms with Gasteiger partial charge < -0.3 is 14.6 Å². The molecule has 0 fully saturated rings. The fourth-order valence-electron chi connectivity index (χ4n) is 2.23. The van der Waals surface area contributed by atoms with Crippen LogP contribution in [0.25, 0.3) is 0 Å². The molecule has 6 heteroatoms. The molecule has 0 saturated carbocycles. The van der Waals surface area contributed by atoms with Gasteiger partial charge in [-0.2, -0.15) is 5.10 Å². The molecule has 2 rings (SSSR count). The molecule has 2 aromatic rings. The Bertz CT molecular complexity index is 613. The van der Waals surface area contributed by atoms with E-state index in [-0.39, 0.29) is 0 Å². The van der Waals surface area contributed by atoms with Gasteiger partial charge in [0.05, 0.1) is 37.2 Å². The van der Waals surface area contributed by atoms with Crippen LogP contribution >= 0.6 is 11.6 Å². The number of aliphatic hydroxyl groups is 1. The minimum Gasteiger partial charge on any atom is -0.496 e. The Hall–Kier alpha value is -1.56. The van der Waals surface area contributed by atoms with Crippen molar-refractivity contribution in [2.45, 2.75) is 19.6 Å². The molecule has 1 heterocycles. The third kappa shape index (κ3) is 3.37. The van der Waals surface area contributed by atoms with Gasteiger partial charge in [-0.25, -0.2) is 0 Å². The maximum Gasteiger partial charge on any atom is 0.122 e. The molecule has 1 unspecified atom stereocenters. The topological polar surface area (TPSA) is 56.5 Å². The second kappa shape index (κ2) is 6.93. The Labute approximate surface area is 129 Å². The van der Waals surface area contributed by atoms with Crippen molar-refractivity contribution in [1.29, 1.82) is 0 Å². The molecule has 0 spiro atoms. The van der Waals surface area contributed by atoms with Gasteiger partial charge in [-0.1, -0.05) is 17.7 Å². The van der Waals surface area contributed by atoms with E-state index >= 15 is 0 Å². The summed E-state index contributed by atoms with van der Waals surface area (Å²) in [6, 6.07) is 5.53. The van der Waals surface area contributed by atoms with Crippen LogP contribution in [-0.4, -0.2) is 35.7 Å². The first-order chi connectivity index (χ1) is 10.1. The molecule has 114 valence electrons. The average Bonchev–Trinajstić information content (AvgIpc) is 2.85. The summed E-state index contributed by atoms with van der Waals surface area (Å²) in [6.07, 6.45) is 0.688. The first-order valence-corrected chi connectivity index (χ1v) is 6.99. The Kier molecular flexibility index (Phi) is 5.22. The number of hydrogen-bond acceptors (Lipinski definition) is 4. The number of rotatable bonds is 6. The molecule has 1 atom stereocenters. The van der Waals surface area contributed by atoms with Gasteiger partial charge in [0.25, 0.3) is 0 Å². The van der Waals surface area contributed by atoms with E-state index in [0.717, 1.165) is 16.9 Å². The third-order valence-corrected chi connectivity index (χ3v) is 3.63. The molecule has 1 aromatic carbocycles. The highest BCUT2D eigenvalue weighted by Crippen LogP contribution is 2.30. The van der Waals surface area contributed by atoms with E-state index in [1.165, 1.54) is 6.20 Å². The minimum absolute atomic E-state index is 0.437. The molecule has 0 aliphatic rings. The van der Waals surface area contributed by atoms with Crippen LogP contribution in [0, 0.1) is 6.92 Å². The van der Waals surface area contributed by atoms with Crippen LogP contribution in [-0.2, 0) is 11.3 Å². The van der Waals surface area contributed by atoms with Crippen LogP contribution in [0.3, 0.4) is 0 Å². The van der Waals surface area contributed by atoms with Gasteiger partial charge in [-0.05, 0) is 30.2 Å². The largest absolute Gasteiger partial charge is 0.496 e. The Morgan fingerprint density at radius 1 is 1.38 bits per heavy atom. The van der Waals surface area contributed by atoms with Crippen LogP contribution in [0.5, 0.6) is 5.75 Å². The van der Waals surface area contributed by atoms with Crippen molar-refractivity contribution in [2.24, 2.45) is 0 Å². The molecule has 21 heavy (non-hydrogen) atoms. The van der Waals surface area contributed by atoms with E-state index in [4.69, 9.17) is 21.1 Å². The zero-order valence-corrected chi connectivity index (χ0v) is 13.1. The molecule has 1 aromatic heterocycles. The number of aromatic nitrogens is 2. The Balaban J connectivity index is 2.33. The maximum absolute atomic E-state index is 10.6. The highest BCUT2D eigenvalue weighted by molar-refractivity contribution is 6.31. The van der Waals surface area contributed by atoms with E-state index in [1.54, 1.807) is 18.9 Å². The lowest BCUT2D eigenvalue weighted by Crippen LogP contribution is -2.13. The van der Waals surface area contributed by atoms with Gasteiger partial charge in [-0.15, -0.1) is 0 Å². The molecular weight excluding hydrogens is 292 g/mol. The van der Waals surface area contributed by atoms with Gasteiger partial charge in [0.1, 0.15) is 11.9 Å². The minimum atomic E-state index is -0.846. The maximum atomic E-state index is 10.6. The van der Waals surface area contributed by atoms with Crippen molar-refractivity contribution in [3.8, 4) is 5.75 Å². The second-order valence-corrected chi connectivity index (χ2v) is 5.13. The molecule has 0 amide bonds. The van der Waals surface area contributed by atoms with Gasteiger partial charge >= 0.3 is 0 Å². The zero-order valence-electron chi connectivity index (χ0n) is 12.3. The van der Waals surface area contributed by atoms with Crippen molar-refractivity contribution in [2.75, 3.05) is 20.8 Å². The molecular formula is C15H19ClN2O3. The van der Waals surface area contributed by atoms with Crippen LogP contribution in [0.15, 0.2) is 24.4 Å². The van der Waals surface area contributed by atoms with E-state index in [0.29, 0.717) is 23.9 Å². The quantitative estimate of drug-likeness (QED) is 0.891. The lowest BCUT2D eigenvalue weighted by molar-refractivity contribution is 0.171. The number of ether oxygens (including phenoxy) is 2. The summed E-state index contributed by atoms with van der Waals surface area (Å²) in [6.45, 7) is 2.96. The summed E-state index contributed by atoms with van der Waals surface area (Å²) in [5.41, 5.74) is 2.26. The van der Waals surface area contributed by atoms with Crippen LogP contribution in [0.4, 0.5) is 0 Å². The fourth-order valence-corrected chi connectivity index (χ4v) is 2.47. The van der Waals surface area contributed by atoms with Crippen LogP contribution in [0.2, 0.25) is 5.02 Å². The molecule has 5 nitrogen and oxygen atoms in total. The van der Waals surface area contributed by atoms with Gasteiger partial charge in [-0.3, -0.25) is 4.68 Å². The number of hydrogen-bond donors (Lipinski definition) is 1. The highest BCUT2D eigenvalue weighted by Gasteiger charge is 2.20. The number of aryl methyl sites for hydroxylation is 1. The lowest BCUT2D eigenvalue weighted by atomic mass is 10.0. The number of methoxy groups -OCH3 is 2. The van der Waals surface area contributed by atoms with Gasteiger partial charge in [0.15, 0.2) is 0 Å². The average molecular weight is 311 g/mol. The molecule has 0 radical (unpaired) electrons. The number of nitrogens with zero attached hydrogens (tertiary/aromatic N) is 2. The van der Waals surface area contributed by atoms with Crippen molar-refractivity contribution in [3.63, 3.8) is 0 Å². The monoisotopic (exact) mass is 310 g/mol. The zero-order chi connectivity index (χ0) is 15.4. The first kappa shape index (κ1) is 15.8. The smallest absolute Gasteiger partial charge is 0.122 e. The van der Waals surface area contributed by atoms with Crippen LogP contribution in [0.1, 0.15) is 22.9 Å². The summed E-state index contributed by atoms with van der Waals surface area (Å²) < 4.78 is 11.9. The molecule has 0 aliphatic heterocycles. The SMILES string of the molecule is COCCn1ncc(Cl)c1C(O)c1ccc(OC)c(C)c1. The van der Waals surface area contributed by atoms with E-state index < -0.39 is 6.10 Å². The highest BCUT2D eigenvalue weighted by atomic mass is 35.5. The predicted octanol–water partition coefficient (Wildman–Crippen LogP) is 2.58. The van der Waals surface area contributed by atoms with Crippen molar-refractivity contribution >= 4 is 11.6 Å². The Morgan fingerprint density at radius 2 is 2.14 bits per heavy atom. The van der Waals surface area contributed by atoms with Crippen molar-refractivity contribution < 1.29 is 14.6 Å². The molecule has 0 bridgehead atoms. The molecule has 0 saturated heterocycles. The van der Waals surface area contributed by atoms with Crippen LogP contribution < -0.4 is 4.74 Å². The van der Waals surface area contributed by atoms with Crippen molar-refractivity contribution in [1.82, 2.24) is 9.78 Å². The summed E-state index contributed by atoms with van der Waals surface area (Å²) in [7, 11) is 3.24. The molecule has 1 N–H and O–H groups in total. The summed E-state index contributed by atoms with van der Waals surface area (Å²) in [5.74, 6) is 0.782. The van der Waals surface area contributed by atoms with E-state index in [1.807, 2.05) is 25.1 Å². The fraction of sp³-hybridized carbons (Fsp3) is 0.400. The summed E-state index contributed by atoms with van der Waals surface area (Å²) in [5, 5.41) is 15.2. The van der Waals surface area contributed by atoms with Gasteiger partial charge in [0.2, 0.25) is 0 Å². The van der Waals surface area contributed by atoms with Crippen molar-refractivity contribution in [3.05, 3.63) is 46.2 Å². The second-order valence-electron chi connectivity index (χ2n) is 4.73. The molecule has 0 aliphatic carbocycles. The normalized spacial score (nSPS) is 12.4. The Morgan fingerprint density at radius 3 is 2.76 bits per heavy atom. The summed E-state index contributed by atoms with van der Waals surface area (Å²) in [4.78, 5) is 0. The number of halogens is 1. The van der Waals surface area contributed by atoms with E-state index in [2.05, 4.69) is 5.10 Å². The standard InChI is InChI=1S/C15H19ClN2O3/c1-10-8-11(4-5-13(10)21-3)15(19)14-12(16)9-17-18(14)6-7-20-2/h4-5,8-9,15,19H,6-7H2,1-3H3. The third-order valence-electron chi connectivity index (χ3n) is 3.33. The van der Waals surface area contributed by atoms with Gasteiger partial charge in [0, 0.05) is 7.11 Å². The first-order valence-electron chi connectivity index (χ1n) is 6.61. The lowest BCUT2D eigenvalue weighted by Gasteiger charge is -2.16. The number of benzene rings is 1.